The molecule has 2 aromatic rings. The van der Waals surface area contributed by atoms with Gasteiger partial charge in [-0.25, -0.2) is 9.00 Å². The Bertz CT molecular complexity index is 1010. The van der Waals surface area contributed by atoms with E-state index >= 15 is 0 Å². The van der Waals surface area contributed by atoms with Gasteiger partial charge in [0, 0.05) is 16.5 Å². The molecule has 0 fully saturated rings. The predicted octanol–water partition coefficient (Wildman–Crippen LogP) is 2.70. The minimum Gasteiger partial charge on any atom is -0.493 e. The van der Waals surface area contributed by atoms with Crippen LogP contribution < -0.4 is 4.74 Å². The second-order valence-electron chi connectivity index (χ2n) is 5.13. The van der Waals surface area contributed by atoms with Gasteiger partial charge in [0.25, 0.3) is 0 Å². The topological polar surface area (TPSA) is 99.1 Å². The van der Waals surface area contributed by atoms with E-state index in [9.17, 15) is 17.4 Å². The summed E-state index contributed by atoms with van der Waals surface area (Å²) in [7, 11) is -5.10. The van der Waals surface area contributed by atoms with E-state index in [0.29, 0.717) is 4.90 Å². The van der Waals surface area contributed by atoms with Crippen molar-refractivity contribution in [3.63, 3.8) is 0 Å². The Kier molecular flexibility index (Phi) is 5.55. The predicted molar refractivity (Wildman–Crippen MR) is 95.3 cm³/mol. The van der Waals surface area contributed by atoms with Crippen LogP contribution in [0.4, 0.5) is 0 Å². The summed E-state index contributed by atoms with van der Waals surface area (Å²) in [6, 6.07) is 6.59. The smallest absolute Gasteiger partial charge is 0.342 e. The molecule has 136 valence electrons. The number of carbonyl (C=O) groups is 1. The SMILES string of the molecule is COC(=O)c1csc(S(=O)(=O)N=[S@](C)(=O)c2ccc(C)cc2)c1OC. The number of benzene rings is 1. The number of carbonyl (C=O) groups excluding carboxylic acids is 1. The lowest BCUT2D eigenvalue weighted by Crippen LogP contribution is -2.06. The molecule has 2 rings (SSSR count). The average molecular weight is 404 g/mol. The number of sulfonamides is 1. The molecule has 0 spiro atoms. The van der Waals surface area contributed by atoms with Crippen LogP contribution in [-0.2, 0) is 24.5 Å². The second kappa shape index (κ2) is 7.14. The number of hydrogen-bond acceptors (Lipinski definition) is 7. The van der Waals surface area contributed by atoms with Gasteiger partial charge in [-0.05, 0) is 19.1 Å². The Morgan fingerprint density at radius 3 is 2.24 bits per heavy atom. The fourth-order valence-electron chi connectivity index (χ4n) is 2.01. The number of rotatable bonds is 5. The van der Waals surface area contributed by atoms with Crippen LogP contribution in [-0.4, -0.2) is 39.1 Å². The number of esters is 1. The van der Waals surface area contributed by atoms with Gasteiger partial charge in [-0.2, -0.15) is 8.42 Å². The first-order chi connectivity index (χ1) is 11.6. The number of aryl methyl sites for hydroxylation is 1. The molecule has 0 radical (unpaired) electrons. The molecule has 0 saturated heterocycles. The Hall–Kier alpha value is -1.91. The largest absolute Gasteiger partial charge is 0.493 e. The molecule has 0 aliphatic carbocycles. The first kappa shape index (κ1) is 19.4. The molecule has 1 aromatic carbocycles. The molecule has 25 heavy (non-hydrogen) atoms. The first-order valence-electron chi connectivity index (χ1n) is 6.91. The molecule has 1 heterocycles. The van der Waals surface area contributed by atoms with Gasteiger partial charge < -0.3 is 9.47 Å². The van der Waals surface area contributed by atoms with Crippen molar-refractivity contribution in [2.24, 2.45) is 3.77 Å². The van der Waals surface area contributed by atoms with Crippen LogP contribution >= 0.6 is 11.3 Å². The van der Waals surface area contributed by atoms with Crippen molar-refractivity contribution in [3.8, 4) is 5.75 Å². The van der Waals surface area contributed by atoms with E-state index in [-0.39, 0.29) is 15.5 Å². The summed E-state index contributed by atoms with van der Waals surface area (Å²) in [5.41, 5.74) is 0.922. The van der Waals surface area contributed by atoms with Gasteiger partial charge in [0.05, 0.1) is 23.9 Å². The summed E-state index contributed by atoms with van der Waals surface area (Å²) in [5.74, 6) is -0.898. The molecule has 0 amide bonds. The zero-order chi connectivity index (χ0) is 18.8. The molecular formula is C15H17NO6S3. The van der Waals surface area contributed by atoms with Gasteiger partial charge in [0.2, 0.25) is 0 Å². The number of thiophene rings is 1. The summed E-state index contributed by atoms with van der Waals surface area (Å²) in [4.78, 5) is 12.0. The number of methoxy groups -OCH3 is 2. The Balaban J connectivity index is 2.59. The maximum absolute atomic E-state index is 12.8. The summed E-state index contributed by atoms with van der Waals surface area (Å²) < 4.78 is 51.0. The number of ether oxygens (including phenoxy) is 2. The van der Waals surface area contributed by atoms with E-state index in [1.54, 1.807) is 24.3 Å². The van der Waals surface area contributed by atoms with Gasteiger partial charge in [-0.1, -0.05) is 17.7 Å². The van der Waals surface area contributed by atoms with E-state index in [1.165, 1.54) is 25.9 Å². The van der Waals surface area contributed by atoms with Crippen LogP contribution in [0.2, 0.25) is 0 Å². The van der Waals surface area contributed by atoms with Gasteiger partial charge in [-0.3, -0.25) is 0 Å². The minimum atomic E-state index is -4.30. The molecule has 0 aliphatic heterocycles. The summed E-state index contributed by atoms with van der Waals surface area (Å²) in [6.45, 7) is 1.86. The van der Waals surface area contributed by atoms with Crippen molar-refractivity contribution in [1.29, 1.82) is 0 Å². The van der Waals surface area contributed by atoms with Gasteiger partial charge in [-0.15, -0.1) is 15.1 Å². The molecule has 0 unspecified atom stereocenters. The molecule has 0 aliphatic rings. The molecular weight excluding hydrogens is 386 g/mol. The van der Waals surface area contributed by atoms with Crippen LogP contribution in [0, 0.1) is 6.92 Å². The highest BCUT2D eigenvalue weighted by Gasteiger charge is 2.29. The molecule has 10 heteroatoms. The van der Waals surface area contributed by atoms with Crippen LogP contribution in [0.15, 0.2) is 42.5 Å². The van der Waals surface area contributed by atoms with E-state index in [0.717, 1.165) is 16.9 Å². The number of hydrogen-bond donors (Lipinski definition) is 0. The minimum absolute atomic E-state index is 0.0262. The van der Waals surface area contributed by atoms with Crippen molar-refractivity contribution in [2.45, 2.75) is 16.0 Å². The Labute approximate surface area is 150 Å². The Morgan fingerprint density at radius 2 is 1.72 bits per heavy atom. The fraction of sp³-hybridized carbons (Fsp3) is 0.267. The maximum Gasteiger partial charge on any atom is 0.342 e. The zero-order valence-corrected chi connectivity index (χ0v) is 16.5. The standard InChI is InChI=1S/C15H17NO6S3/c1-10-5-7-11(8-6-10)24(4,18)16-25(19,20)15-13(21-2)12(9-23-15)14(17)22-3/h5-9H,1-4H3/t24-/m1/s1. The first-order valence-corrected chi connectivity index (χ1v) is 11.2. The third-order valence-electron chi connectivity index (χ3n) is 3.26. The molecule has 0 N–H and O–H groups in total. The molecule has 1 atom stereocenters. The molecule has 1 aromatic heterocycles. The molecule has 7 nitrogen and oxygen atoms in total. The third-order valence-corrected chi connectivity index (χ3v) is 8.65. The van der Waals surface area contributed by atoms with Crippen molar-refractivity contribution in [2.75, 3.05) is 20.5 Å². The Morgan fingerprint density at radius 1 is 1.12 bits per heavy atom. The zero-order valence-electron chi connectivity index (χ0n) is 14.0. The maximum atomic E-state index is 12.8. The molecule has 0 bridgehead atoms. The van der Waals surface area contributed by atoms with Gasteiger partial charge in [0.15, 0.2) is 9.96 Å². The van der Waals surface area contributed by atoms with E-state index in [2.05, 4.69) is 8.50 Å². The van der Waals surface area contributed by atoms with Crippen LogP contribution in [0.25, 0.3) is 0 Å². The van der Waals surface area contributed by atoms with E-state index in [1.807, 2.05) is 6.92 Å². The van der Waals surface area contributed by atoms with Crippen molar-refractivity contribution in [3.05, 3.63) is 40.8 Å². The van der Waals surface area contributed by atoms with Crippen molar-refractivity contribution in [1.82, 2.24) is 0 Å². The normalized spacial score (nSPS) is 13.8. The van der Waals surface area contributed by atoms with Crippen molar-refractivity contribution >= 4 is 37.1 Å². The van der Waals surface area contributed by atoms with E-state index in [4.69, 9.17) is 4.74 Å². The average Bonchev–Trinajstić information content (AvgIpc) is 2.98. The van der Waals surface area contributed by atoms with Crippen molar-refractivity contribution < 1.29 is 26.9 Å². The van der Waals surface area contributed by atoms with Gasteiger partial charge in [0.1, 0.15) is 5.56 Å². The van der Waals surface area contributed by atoms with Crippen LogP contribution in [0.3, 0.4) is 0 Å². The fourth-order valence-corrected chi connectivity index (χ4v) is 6.82. The lowest BCUT2D eigenvalue weighted by molar-refractivity contribution is 0.0597. The quantitative estimate of drug-likeness (QED) is 0.712. The molecule has 0 saturated carbocycles. The monoisotopic (exact) mass is 403 g/mol. The highest BCUT2D eigenvalue weighted by molar-refractivity contribution is 8.03. The highest BCUT2D eigenvalue weighted by atomic mass is 32.3. The van der Waals surface area contributed by atoms with Gasteiger partial charge >= 0.3 is 16.0 Å². The van der Waals surface area contributed by atoms with Crippen LogP contribution in [0.5, 0.6) is 5.75 Å². The lowest BCUT2D eigenvalue weighted by atomic mass is 10.2. The van der Waals surface area contributed by atoms with Crippen LogP contribution in [0.1, 0.15) is 15.9 Å². The number of nitrogens with zero attached hydrogens (tertiary/aromatic N) is 1. The van der Waals surface area contributed by atoms with E-state index < -0.39 is 25.7 Å². The highest BCUT2D eigenvalue weighted by Crippen LogP contribution is 2.36. The summed E-state index contributed by atoms with van der Waals surface area (Å²) in [5, 5.41) is 1.30. The lowest BCUT2D eigenvalue weighted by Gasteiger charge is -2.07. The third kappa shape index (κ3) is 4.02. The second-order valence-corrected chi connectivity index (χ2v) is 10.3. The summed E-state index contributed by atoms with van der Waals surface area (Å²) in [6.07, 6.45) is 1.25. The summed E-state index contributed by atoms with van der Waals surface area (Å²) >= 11 is 0.757.